The van der Waals surface area contributed by atoms with Gasteiger partial charge in [0.2, 0.25) is 0 Å². The van der Waals surface area contributed by atoms with Crippen LogP contribution >= 0.6 is 0 Å². The van der Waals surface area contributed by atoms with Crippen LogP contribution in [0.15, 0.2) is 12.2 Å². The maximum Gasteiger partial charge on any atom is 0.152 e. The number of allylic oxidation sites excluding steroid dienone is 1. The summed E-state index contributed by atoms with van der Waals surface area (Å²) in [6.07, 6.45) is 9.45. The molecular formula is C10H14O2. The van der Waals surface area contributed by atoms with Crippen LogP contribution in [0, 0.1) is 12.3 Å². The second-order valence-electron chi connectivity index (χ2n) is 2.63. The number of carbonyl (C=O) groups excluding carboxylic acids is 1. The molecule has 2 heteroatoms. The van der Waals surface area contributed by atoms with Crippen molar-refractivity contribution in [2.45, 2.75) is 32.3 Å². The number of hydrogen-bond donors (Lipinski definition) is 1. The third kappa shape index (κ3) is 7.04. The van der Waals surface area contributed by atoms with E-state index < -0.39 is 6.10 Å². The van der Waals surface area contributed by atoms with Crippen LogP contribution in [0.3, 0.4) is 0 Å². The minimum Gasteiger partial charge on any atom is -0.389 e. The lowest BCUT2D eigenvalue weighted by Crippen LogP contribution is -2.02. The SMILES string of the molecule is C#CCCCC(O)/C=C/C(C)=O. The number of ketones is 1. The maximum absolute atomic E-state index is 10.4. The average molecular weight is 166 g/mol. The topological polar surface area (TPSA) is 37.3 Å². The molecular weight excluding hydrogens is 152 g/mol. The van der Waals surface area contributed by atoms with Crippen LogP contribution in [-0.2, 0) is 4.79 Å². The van der Waals surface area contributed by atoms with Gasteiger partial charge in [-0.1, -0.05) is 6.08 Å². The van der Waals surface area contributed by atoms with E-state index in [-0.39, 0.29) is 5.78 Å². The molecule has 2 nitrogen and oxygen atoms in total. The Balaban J connectivity index is 3.53. The standard InChI is InChI=1S/C10H14O2/c1-3-4-5-6-10(12)8-7-9(2)11/h1,7-8,10,12H,4-6H2,2H3/b8-7+. The van der Waals surface area contributed by atoms with E-state index in [4.69, 9.17) is 6.42 Å². The molecule has 0 amide bonds. The summed E-state index contributed by atoms with van der Waals surface area (Å²) < 4.78 is 0. The van der Waals surface area contributed by atoms with Gasteiger partial charge in [0.05, 0.1) is 6.10 Å². The predicted octanol–water partition coefficient (Wildman–Crippen LogP) is 1.30. The number of aliphatic hydroxyl groups is 1. The lowest BCUT2D eigenvalue weighted by molar-refractivity contribution is -0.112. The summed E-state index contributed by atoms with van der Waals surface area (Å²) in [7, 11) is 0. The fraction of sp³-hybridized carbons (Fsp3) is 0.500. The molecule has 0 aliphatic rings. The van der Waals surface area contributed by atoms with Crippen LogP contribution in [0.4, 0.5) is 0 Å². The van der Waals surface area contributed by atoms with Gasteiger partial charge in [0.15, 0.2) is 5.78 Å². The molecule has 1 N–H and O–H groups in total. The molecule has 1 atom stereocenters. The largest absolute Gasteiger partial charge is 0.389 e. The van der Waals surface area contributed by atoms with Crippen LogP contribution in [0.5, 0.6) is 0 Å². The smallest absolute Gasteiger partial charge is 0.152 e. The number of unbranched alkanes of at least 4 members (excludes halogenated alkanes) is 1. The van der Waals surface area contributed by atoms with Gasteiger partial charge >= 0.3 is 0 Å². The van der Waals surface area contributed by atoms with E-state index in [1.54, 1.807) is 0 Å². The number of aliphatic hydroxyl groups excluding tert-OH is 1. The van der Waals surface area contributed by atoms with Crippen molar-refractivity contribution in [1.29, 1.82) is 0 Å². The van der Waals surface area contributed by atoms with Crippen LogP contribution < -0.4 is 0 Å². The zero-order valence-corrected chi connectivity index (χ0v) is 7.29. The zero-order valence-electron chi connectivity index (χ0n) is 7.29. The summed E-state index contributed by atoms with van der Waals surface area (Å²) in [5.41, 5.74) is 0. The van der Waals surface area contributed by atoms with E-state index in [2.05, 4.69) is 5.92 Å². The van der Waals surface area contributed by atoms with Crippen molar-refractivity contribution in [3.63, 3.8) is 0 Å². The monoisotopic (exact) mass is 166 g/mol. The van der Waals surface area contributed by atoms with Gasteiger partial charge in [0, 0.05) is 6.42 Å². The third-order valence-electron chi connectivity index (χ3n) is 1.37. The van der Waals surface area contributed by atoms with Crippen molar-refractivity contribution in [3.05, 3.63) is 12.2 Å². The molecule has 0 spiro atoms. The van der Waals surface area contributed by atoms with Crippen LogP contribution in [0.2, 0.25) is 0 Å². The van der Waals surface area contributed by atoms with Gasteiger partial charge in [0.1, 0.15) is 0 Å². The number of hydrogen-bond acceptors (Lipinski definition) is 2. The maximum atomic E-state index is 10.4. The summed E-state index contributed by atoms with van der Waals surface area (Å²) in [6, 6.07) is 0. The lowest BCUT2D eigenvalue weighted by Gasteiger charge is -2.01. The van der Waals surface area contributed by atoms with E-state index in [0.29, 0.717) is 12.8 Å². The fourth-order valence-electron chi connectivity index (χ4n) is 0.756. The summed E-state index contributed by atoms with van der Waals surface area (Å²) in [5.74, 6) is 2.44. The molecule has 0 aromatic carbocycles. The van der Waals surface area contributed by atoms with Crippen molar-refractivity contribution < 1.29 is 9.90 Å². The van der Waals surface area contributed by atoms with Crippen molar-refractivity contribution >= 4 is 5.78 Å². The molecule has 0 aliphatic heterocycles. The first-order chi connectivity index (χ1) is 5.66. The summed E-state index contributed by atoms with van der Waals surface area (Å²) in [4.78, 5) is 10.4. The normalized spacial score (nSPS) is 12.8. The van der Waals surface area contributed by atoms with Gasteiger partial charge in [-0.2, -0.15) is 0 Å². The molecule has 0 bridgehead atoms. The molecule has 12 heavy (non-hydrogen) atoms. The van der Waals surface area contributed by atoms with E-state index in [9.17, 15) is 9.90 Å². The molecule has 0 aromatic heterocycles. The Kier molecular flexibility index (Phi) is 6.04. The molecule has 0 rings (SSSR count). The highest BCUT2D eigenvalue weighted by Crippen LogP contribution is 2.01. The second kappa shape index (κ2) is 6.63. The summed E-state index contributed by atoms with van der Waals surface area (Å²) in [5, 5.41) is 9.22. The Bertz CT molecular complexity index is 198. The molecule has 0 heterocycles. The van der Waals surface area contributed by atoms with Crippen molar-refractivity contribution in [3.8, 4) is 12.3 Å². The van der Waals surface area contributed by atoms with Crippen molar-refractivity contribution in [2.75, 3.05) is 0 Å². The van der Waals surface area contributed by atoms with Crippen molar-refractivity contribution in [1.82, 2.24) is 0 Å². The van der Waals surface area contributed by atoms with E-state index in [1.165, 1.54) is 19.1 Å². The fourth-order valence-corrected chi connectivity index (χ4v) is 0.756. The second-order valence-corrected chi connectivity index (χ2v) is 2.63. The van der Waals surface area contributed by atoms with Gasteiger partial charge in [-0.05, 0) is 25.8 Å². The van der Waals surface area contributed by atoms with Crippen LogP contribution in [0.1, 0.15) is 26.2 Å². The highest BCUT2D eigenvalue weighted by atomic mass is 16.3. The summed E-state index contributed by atoms with van der Waals surface area (Å²) in [6.45, 7) is 1.45. The molecule has 0 saturated carbocycles. The quantitative estimate of drug-likeness (QED) is 0.379. The third-order valence-corrected chi connectivity index (χ3v) is 1.37. The number of rotatable bonds is 5. The average Bonchev–Trinajstić information content (AvgIpc) is 2.01. The molecule has 0 aromatic rings. The summed E-state index contributed by atoms with van der Waals surface area (Å²) >= 11 is 0. The van der Waals surface area contributed by atoms with Crippen LogP contribution in [-0.4, -0.2) is 17.0 Å². The molecule has 0 radical (unpaired) electrons. The van der Waals surface area contributed by atoms with Gasteiger partial charge in [-0.3, -0.25) is 4.79 Å². The van der Waals surface area contributed by atoms with Gasteiger partial charge < -0.3 is 5.11 Å². The molecule has 1 unspecified atom stereocenters. The van der Waals surface area contributed by atoms with Crippen molar-refractivity contribution in [2.24, 2.45) is 0 Å². The Morgan fingerprint density at radius 3 is 2.92 bits per heavy atom. The first kappa shape index (κ1) is 10.9. The first-order valence-electron chi connectivity index (χ1n) is 3.97. The highest BCUT2D eigenvalue weighted by Gasteiger charge is 1.97. The first-order valence-corrected chi connectivity index (χ1v) is 3.97. The zero-order chi connectivity index (χ0) is 9.40. The van der Waals surface area contributed by atoms with E-state index >= 15 is 0 Å². The molecule has 0 fully saturated rings. The van der Waals surface area contributed by atoms with E-state index in [1.807, 2.05) is 0 Å². The van der Waals surface area contributed by atoms with Gasteiger partial charge in [0.25, 0.3) is 0 Å². The molecule has 0 saturated heterocycles. The Morgan fingerprint density at radius 1 is 1.75 bits per heavy atom. The Hall–Kier alpha value is -1.07. The number of carbonyl (C=O) groups is 1. The van der Waals surface area contributed by atoms with Gasteiger partial charge in [-0.25, -0.2) is 0 Å². The molecule has 66 valence electrons. The van der Waals surface area contributed by atoms with E-state index in [0.717, 1.165) is 6.42 Å². The highest BCUT2D eigenvalue weighted by molar-refractivity contribution is 5.87. The Labute approximate surface area is 73.3 Å². The lowest BCUT2D eigenvalue weighted by atomic mass is 10.1. The minimum atomic E-state index is -0.540. The number of terminal acetylenes is 1. The minimum absolute atomic E-state index is 0.0500. The Morgan fingerprint density at radius 2 is 2.42 bits per heavy atom. The van der Waals surface area contributed by atoms with Gasteiger partial charge in [-0.15, -0.1) is 12.3 Å². The predicted molar refractivity (Wildman–Crippen MR) is 48.5 cm³/mol. The molecule has 0 aliphatic carbocycles. The van der Waals surface area contributed by atoms with Crippen LogP contribution in [0.25, 0.3) is 0 Å².